The van der Waals surface area contributed by atoms with Gasteiger partial charge in [-0.05, 0) is 67.9 Å². The molecule has 8 heteroatoms. The number of hydrogen-bond donors (Lipinski definition) is 2. The minimum Gasteiger partial charge on any atom is -0.494 e. The maximum atomic E-state index is 14.4. The molecule has 182 valence electrons. The zero-order chi connectivity index (χ0) is 24.1. The summed E-state index contributed by atoms with van der Waals surface area (Å²) < 4.78 is 27.6. The minimum absolute atomic E-state index is 0.139. The quantitative estimate of drug-likeness (QED) is 0.395. The Bertz CT molecular complexity index is 1420. The first-order valence-electron chi connectivity index (χ1n) is 12.2. The molecule has 4 aromatic rings. The molecule has 1 saturated carbocycles. The molecule has 2 fully saturated rings. The molecule has 1 aliphatic heterocycles. The lowest BCUT2D eigenvalue weighted by Crippen LogP contribution is -2.19. The van der Waals surface area contributed by atoms with Crippen LogP contribution in [0, 0.1) is 11.7 Å². The summed E-state index contributed by atoms with van der Waals surface area (Å²) >= 11 is 0. The fourth-order valence-corrected chi connectivity index (χ4v) is 6.10. The highest BCUT2D eigenvalue weighted by Gasteiger charge is 2.37. The smallest absolute Gasteiger partial charge is 0.306 e. The van der Waals surface area contributed by atoms with Gasteiger partial charge in [-0.1, -0.05) is 0 Å². The van der Waals surface area contributed by atoms with Crippen molar-refractivity contribution in [2.24, 2.45) is 5.92 Å². The first kappa shape index (κ1) is 22.1. The molecule has 0 radical (unpaired) electrons. The van der Waals surface area contributed by atoms with E-state index in [1.807, 2.05) is 0 Å². The van der Waals surface area contributed by atoms with E-state index in [0.29, 0.717) is 26.1 Å². The van der Waals surface area contributed by atoms with E-state index in [2.05, 4.69) is 26.9 Å². The van der Waals surface area contributed by atoms with Gasteiger partial charge in [-0.3, -0.25) is 9.89 Å². The van der Waals surface area contributed by atoms with Gasteiger partial charge in [-0.25, -0.2) is 4.39 Å². The average molecular weight is 478 g/mol. The lowest BCUT2D eigenvalue weighted by molar-refractivity contribution is -0.141. The Morgan fingerprint density at radius 1 is 1.17 bits per heavy atom. The molecule has 2 N–H and O–H groups in total. The van der Waals surface area contributed by atoms with Crippen LogP contribution in [0.3, 0.4) is 0 Å². The lowest BCUT2D eigenvalue weighted by atomic mass is 9.86. The molecule has 1 saturated heterocycles. The van der Waals surface area contributed by atoms with E-state index in [-0.39, 0.29) is 23.5 Å². The zero-order valence-corrected chi connectivity index (χ0v) is 19.6. The Labute approximate surface area is 201 Å². The molecule has 0 bridgehead atoms. The predicted octanol–water partition coefficient (Wildman–Crippen LogP) is 5.52. The first-order valence-corrected chi connectivity index (χ1v) is 12.2. The monoisotopic (exact) mass is 477 g/mol. The SMILES string of the molecule is COc1cc(-n2c(C3CCOCC3)c(C3CC[C@@H](C(=O)O)C3)c3cc4[nH]ncc4cc32)ccc1F. The van der Waals surface area contributed by atoms with Crippen LogP contribution in [0.15, 0.2) is 36.5 Å². The first-order chi connectivity index (χ1) is 17.0. The van der Waals surface area contributed by atoms with Crippen molar-refractivity contribution in [2.45, 2.75) is 43.9 Å². The number of carboxylic acids is 1. The molecule has 7 nitrogen and oxygen atoms in total. The Morgan fingerprint density at radius 3 is 2.74 bits per heavy atom. The van der Waals surface area contributed by atoms with Crippen molar-refractivity contribution in [3.63, 3.8) is 0 Å². The van der Waals surface area contributed by atoms with Crippen molar-refractivity contribution < 1.29 is 23.8 Å². The molecule has 2 aromatic carbocycles. The van der Waals surface area contributed by atoms with Crippen LogP contribution in [0.25, 0.3) is 27.5 Å². The van der Waals surface area contributed by atoms with Gasteiger partial charge < -0.3 is 19.1 Å². The van der Waals surface area contributed by atoms with E-state index in [1.165, 1.54) is 24.4 Å². The number of methoxy groups -OCH3 is 1. The number of hydrogen-bond acceptors (Lipinski definition) is 4. The average Bonchev–Trinajstić information content (AvgIpc) is 3.60. The summed E-state index contributed by atoms with van der Waals surface area (Å²) in [5.41, 5.74) is 5.20. The van der Waals surface area contributed by atoms with Gasteiger partial charge in [0.2, 0.25) is 0 Å². The minimum atomic E-state index is -0.719. The van der Waals surface area contributed by atoms with Crippen molar-refractivity contribution in [3.05, 3.63) is 53.6 Å². The van der Waals surface area contributed by atoms with Crippen LogP contribution in [0.5, 0.6) is 5.75 Å². The maximum Gasteiger partial charge on any atom is 0.306 e. The van der Waals surface area contributed by atoms with Gasteiger partial charge in [-0.15, -0.1) is 0 Å². The second kappa shape index (κ2) is 8.68. The highest BCUT2D eigenvalue weighted by Crippen LogP contribution is 2.48. The van der Waals surface area contributed by atoms with Crippen LogP contribution in [-0.2, 0) is 9.53 Å². The van der Waals surface area contributed by atoms with Crippen LogP contribution >= 0.6 is 0 Å². The molecular formula is C27H28FN3O4. The van der Waals surface area contributed by atoms with E-state index in [4.69, 9.17) is 9.47 Å². The second-order valence-corrected chi connectivity index (χ2v) is 9.71. The number of ether oxygens (including phenoxy) is 2. The topological polar surface area (TPSA) is 89.4 Å². The standard InChI is InChI=1S/C27H28FN3O4/c1-34-24-12-19(4-5-21(24)28)31-23-11-18-14-29-30-22(18)13-20(23)25(16-2-3-17(10-16)27(32)33)26(31)15-6-8-35-9-7-15/h4-5,11-17H,2-3,6-10H2,1H3,(H,29,30)(H,32,33)/t16?,17-/m1/s1. The van der Waals surface area contributed by atoms with Crippen LogP contribution in [-0.4, -0.2) is 46.2 Å². The van der Waals surface area contributed by atoms with Crippen molar-refractivity contribution >= 4 is 27.8 Å². The van der Waals surface area contributed by atoms with Crippen molar-refractivity contribution in [2.75, 3.05) is 20.3 Å². The number of benzene rings is 2. The van der Waals surface area contributed by atoms with E-state index < -0.39 is 11.8 Å². The zero-order valence-electron chi connectivity index (χ0n) is 19.6. The summed E-state index contributed by atoms with van der Waals surface area (Å²) in [6, 6.07) is 9.24. The number of aliphatic carboxylic acids is 1. The number of nitrogens with one attached hydrogen (secondary N) is 1. The molecule has 0 amide bonds. The fraction of sp³-hybridized carbons (Fsp3) is 0.407. The number of aromatic amines is 1. The van der Waals surface area contributed by atoms with Gasteiger partial charge >= 0.3 is 5.97 Å². The third kappa shape index (κ3) is 3.67. The number of nitrogens with zero attached hydrogens (tertiary/aromatic N) is 2. The van der Waals surface area contributed by atoms with E-state index in [9.17, 15) is 14.3 Å². The van der Waals surface area contributed by atoms with Crippen LogP contribution in [0.1, 0.15) is 55.2 Å². The Hall–Kier alpha value is -3.39. The Balaban J connectivity index is 1.66. The molecule has 2 atom stereocenters. The maximum absolute atomic E-state index is 14.4. The molecule has 1 unspecified atom stereocenters. The lowest BCUT2D eigenvalue weighted by Gasteiger charge is -2.27. The second-order valence-electron chi connectivity index (χ2n) is 9.71. The summed E-state index contributed by atoms with van der Waals surface area (Å²) in [5.74, 6) is -0.869. The molecule has 0 spiro atoms. The van der Waals surface area contributed by atoms with Crippen molar-refractivity contribution in [3.8, 4) is 11.4 Å². The third-order valence-electron chi connectivity index (χ3n) is 7.80. The number of halogens is 1. The number of rotatable bonds is 5. The molecular weight excluding hydrogens is 449 g/mol. The van der Waals surface area contributed by atoms with Gasteiger partial charge in [0.1, 0.15) is 0 Å². The van der Waals surface area contributed by atoms with Crippen LogP contribution in [0.2, 0.25) is 0 Å². The van der Waals surface area contributed by atoms with Gasteiger partial charge in [0.05, 0.1) is 30.3 Å². The predicted molar refractivity (Wildman–Crippen MR) is 130 cm³/mol. The fourth-order valence-electron chi connectivity index (χ4n) is 6.10. The van der Waals surface area contributed by atoms with Crippen LogP contribution < -0.4 is 4.74 Å². The number of fused-ring (bicyclic) bond motifs is 2. The number of aromatic nitrogens is 3. The van der Waals surface area contributed by atoms with Gasteiger partial charge in [0.15, 0.2) is 11.6 Å². The summed E-state index contributed by atoms with van der Waals surface area (Å²) in [7, 11) is 1.47. The highest BCUT2D eigenvalue weighted by atomic mass is 19.1. The summed E-state index contributed by atoms with van der Waals surface area (Å²) in [6.07, 6.45) is 5.71. The number of carbonyl (C=O) groups is 1. The summed E-state index contributed by atoms with van der Waals surface area (Å²) in [4.78, 5) is 11.8. The normalized spacial score (nSPS) is 21.2. The van der Waals surface area contributed by atoms with E-state index >= 15 is 0 Å². The summed E-state index contributed by atoms with van der Waals surface area (Å²) in [5, 5.41) is 19.1. The van der Waals surface area contributed by atoms with Gasteiger partial charge in [0, 0.05) is 47.4 Å². The molecule has 3 heterocycles. The molecule has 2 aromatic heterocycles. The van der Waals surface area contributed by atoms with Crippen molar-refractivity contribution in [1.82, 2.24) is 14.8 Å². The van der Waals surface area contributed by atoms with Crippen molar-refractivity contribution in [1.29, 1.82) is 0 Å². The highest BCUT2D eigenvalue weighted by molar-refractivity contribution is 5.99. The largest absolute Gasteiger partial charge is 0.494 e. The number of carboxylic acid groups (broad SMARTS) is 1. The Kier molecular flexibility index (Phi) is 5.48. The van der Waals surface area contributed by atoms with Crippen LogP contribution in [0.4, 0.5) is 4.39 Å². The molecule has 2 aliphatic rings. The molecule has 35 heavy (non-hydrogen) atoms. The number of H-pyrrole nitrogens is 1. The Morgan fingerprint density at radius 2 is 2.00 bits per heavy atom. The summed E-state index contributed by atoms with van der Waals surface area (Å²) in [6.45, 7) is 1.37. The van der Waals surface area contributed by atoms with Gasteiger partial charge in [-0.2, -0.15) is 5.10 Å². The van der Waals surface area contributed by atoms with E-state index in [0.717, 1.165) is 46.8 Å². The third-order valence-corrected chi connectivity index (χ3v) is 7.80. The van der Waals surface area contributed by atoms with Gasteiger partial charge in [0.25, 0.3) is 0 Å². The van der Waals surface area contributed by atoms with E-state index in [1.54, 1.807) is 18.3 Å². The molecule has 6 rings (SSSR count). The molecule has 1 aliphatic carbocycles.